The van der Waals surface area contributed by atoms with Gasteiger partial charge in [0.1, 0.15) is 18.1 Å². The first kappa shape index (κ1) is 22.1. The van der Waals surface area contributed by atoms with Gasteiger partial charge in [-0.05, 0) is 64.8 Å². The molecule has 3 aromatic rings. The van der Waals surface area contributed by atoms with E-state index < -0.39 is 6.10 Å². The molecule has 0 aromatic heterocycles. The Kier molecular flexibility index (Phi) is 8.04. The fourth-order valence-corrected chi connectivity index (χ4v) is 3.37. The van der Waals surface area contributed by atoms with Crippen molar-refractivity contribution in [2.75, 3.05) is 0 Å². The fourth-order valence-electron chi connectivity index (χ4n) is 2.55. The van der Waals surface area contributed by atoms with Gasteiger partial charge in [0.15, 0.2) is 6.10 Å². The Balaban J connectivity index is 1.58. The number of hydrogen-bond donors (Lipinski definition) is 1. The lowest BCUT2D eigenvalue weighted by molar-refractivity contribution is -0.127. The maximum absolute atomic E-state index is 12.3. The second-order valence-corrected chi connectivity index (χ2v) is 8.15. The summed E-state index contributed by atoms with van der Waals surface area (Å²) in [6.45, 7) is 2.09. The van der Waals surface area contributed by atoms with E-state index in [0.717, 1.165) is 20.1 Å². The molecule has 0 spiro atoms. The third-order valence-corrected chi connectivity index (χ3v) is 5.24. The van der Waals surface area contributed by atoms with Gasteiger partial charge in [0, 0.05) is 10.0 Å². The Morgan fingerprint density at radius 1 is 1.03 bits per heavy atom. The van der Waals surface area contributed by atoms with Gasteiger partial charge >= 0.3 is 0 Å². The average molecular weight is 532 g/mol. The van der Waals surface area contributed by atoms with Crippen molar-refractivity contribution < 1.29 is 14.3 Å². The van der Waals surface area contributed by atoms with Crippen LogP contribution in [0.5, 0.6) is 11.5 Å². The van der Waals surface area contributed by atoms with Gasteiger partial charge in [-0.3, -0.25) is 4.79 Å². The van der Waals surface area contributed by atoms with Gasteiger partial charge in [0.2, 0.25) is 0 Å². The van der Waals surface area contributed by atoms with Crippen LogP contribution in [-0.2, 0) is 11.4 Å². The van der Waals surface area contributed by atoms with E-state index in [9.17, 15) is 4.79 Å². The minimum Gasteiger partial charge on any atom is -0.488 e. The molecule has 30 heavy (non-hydrogen) atoms. The lowest BCUT2D eigenvalue weighted by Crippen LogP contribution is -2.33. The predicted molar refractivity (Wildman–Crippen MR) is 125 cm³/mol. The van der Waals surface area contributed by atoms with E-state index in [1.807, 2.05) is 66.7 Å². The highest BCUT2D eigenvalue weighted by Gasteiger charge is 2.15. The Labute approximate surface area is 192 Å². The van der Waals surface area contributed by atoms with Crippen LogP contribution in [0, 0.1) is 0 Å². The first-order chi connectivity index (χ1) is 14.5. The van der Waals surface area contributed by atoms with E-state index in [1.54, 1.807) is 19.2 Å². The van der Waals surface area contributed by atoms with Crippen molar-refractivity contribution in [3.05, 3.63) is 92.9 Å². The molecular weight excluding hydrogens is 512 g/mol. The predicted octanol–water partition coefficient (Wildman–Crippen LogP) is 5.71. The monoisotopic (exact) mass is 530 g/mol. The number of amides is 1. The van der Waals surface area contributed by atoms with Crippen molar-refractivity contribution in [2.45, 2.75) is 19.6 Å². The van der Waals surface area contributed by atoms with E-state index >= 15 is 0 Å². The zero-order valence-corrected chi connectivity index (χ0v) is 19.4. The summed E-state index contributed by atoms with van der Waals surface area (Å²) < 4.78 is 13.4. The fraction of sp³-hybridized carbons (Fsp3) is 0.130. The molecule has 5 nitrogen and oxygen atoms in total. The number of benzene rings is 3. The summed E-state index contributed by atoms with van der Waals surface area (Å²) in [4.78, 5) is 12.3. The second-order valence-electron chi connectivity index (χ2n) is 6.38. The topological polar surface area (TPSA) is 59.9 Å². The van der Waals surface area contributed by atoms with E-state index in [-0.39, 0.29) is 5.91 Å². The smallest absolute Gasteiger partial charge is 0.280 e. The third-order valence-electron chi connectivity index (χ3n) is 4.09. The summed E-state index contributed by atoms with van der Waals surface area (Å²) in [5, 5.41) is 4.05. The summed E-state index contributed by atoms with van der Waals surface area (Å²) in [6.07, 6.45) is 0.850. The maximum Gasteiger partial charge on any atom is 0.280 e. The third kappa shape index (κ3) is 6.43. The lowest BCUT2D eigenvalue weighted by atomic mass is 10.2. The molecule has 0 aliphatic rings. The zero-order chi connectivity index (χ0) is 21.3. The van der Waals surface area contributed by atoms with Crippen LogP contribution in [-0.4, -0.2) is 18.2 Å². The van der Waals surface area contributed by atoms with Crippen molar-refractivity contribution in [2.24, 2.45) is 5.10 Å². The molecule has 3 aromatic carbocycles. The van der Waals surface area contributed by atoms with Gasteiger partial charge < -0.3 is 9.47 Å². The molecule has 1 atom stereocenters. The largest absolute Gasteiger partial charge is 0.488 e. The van der Waals surface area contributed by atoms with Crippen molar-refractivity contribution >= 4 is 44.0 Å². The Bertz CT molecular complexity index is 1040. The number of hydrogen-bond acceptors (Lipinski definition) is 4. The Morgan fingerprint density at radius 2 is 1.77 bits per heavy atom. The SMILES string of the molecule is C[C@@H](Oc1ccccc1Br)C(=O)N/N=C\c1ccccc1OCc1cccc(Br)c1. The number of rotatable bonds is 8. The number of carbonyl (C=O) groups excluding carboxylic acids is 1. The van der Waals surface area contributed by atoms with Crippen LogP contribution in [0.25, 0.3) is 0 Å². The standard InChI is InChI=1S/C23H20Br2N2O3/c1-16(30-22-12-5-3-10-20(22)25)23(28)27-26-14-18-8-2-4-11-21(18)29-15-17-7-6-9-19(24)13-17/h2-14,16H,15H2,1H3,(H,27,28)/b26-14-/t16-/m1/s1. The highest BCUT2D eigenvalue weighted by Crippen LogP contribution is 2.25. The van der Waals surface area contributed by atoms with Gasteiger partial charge in [0.25, 0.3) is 5.91 Å². The molecule has 7 heteroatoms. The molecular formula is C23H20Br2N2O3. The van der Waals surface area contributed by atoms with E-state index in [1.165, 1.54) is 0 Å². The maximum atomic E-state index is 12.3. The first-order valence-corrected chi connectivity index (χ1v) is 10.8. The van der Waals surface area contributed by atoms with Crippen LogP contribution in [0.4, 0.5) is 0 Å². The highest BCUT2D eigenvalue weighted by molar-refractivity contribution is 9.10. The van der Waals surface area contributed by atoms with E-state index in [2.05, 4.69) is 42.4 Å². The molecule has 154 valence electrons. The van der Waals surface area contributed by atoms with Crippen LogP contribution in [0.2, 0.25) is 0 Å². The molecule has 0 radical (unpaired) electrons. The number of para-hydroxylation sites is 2. The van der Waals surface area contributed by atoms with Gasteiger partial charge in [0.05, 0.1) is 10.7 Å². The molecule has 0 aliphatic heterocycles. The molecule has 3 rings (SSSR count). The normalized spacial score (nSPS) is 11.8. The molecule has 0 bridgehead atoms. The van der Waals surface area contributed by atoms with Crippen LogP contribution in [0.1, 0.15) is 18.1 Å². The van der Waals surface area contributed by atoms with Crippen molar-refractivity contribution in [1.29, 1.82) is 0 Å². The average Bonchev–Trinajstić information content (AvgIpc) is 2.74. The van der Waals surface area contributed by atoms with Crippen molar-refractivity contribution in [3.8, 4) is 11.5 Å². The minimum absolute atomic E-state index is 0.352. The summed E-state index contributed by atoms with van der Waals surface area (Å²) in [7, 11) is 0. The minimum atomic E-state index is -0.705. The molecule has 0 saturated carbocycles. The van der Waals surface area contributed by atoms with E-state index in [4.69, 9.17) is 9.47 Å². The molecule has 0 heterocycles. The quantitative estimate of drug-likeness (QED) is 0.299. The molecule has 1 N–H and O–H groups in total. The lowest BCUT2D eigenvalue weighted by Gasteiger charge is -2.14. The van der Waals surface area contributed by atoms with Crippen LogP contribution >= 0.6 is 31.9 Å². The molecule has 0 saturated heterocycles. The summed E-state index contributed by atoms with van der Waals surface area (Å²) in [5.74, 6) is 0.915. The number of nitrogens with zero attached hydrogens (tertiary/aromatic N) is 1. The summed E-state index contributed by atoms with van der Waals surface area (Å²) in [5.41, 5.74) is 4.31. The van der Waals surface area contributed by atoms with Gasteiger partial charge in [-0.25, -0.2) is 5.43 Å². The van der Waals surface area contributed by atoms with Gasteiger partial charge in [-0.15, -0.1) is 0 Å². The van der Waals surface area contributed by atoms with Crippen LogP contribution in [0.3, 0.4) is 0 Å². The Hall–Kier alpha value is -2.64. The number of ether oxygens (including phenoxy) is 2. The number of hydrazone groups is 1. The molecule has 1 amide bonds. The Morgan fingerprint density at radius 3 is 2.53 bits per heavy atom. The highest BCUT2D eigenvalue weighted by atomic mass is 79.9. The second kappa shape index (κ2) is 10.9. The van der Waals surface area contributed by atoms with Gasteiger partial charge in [-0.2, -0.15) is 5.10 Å². The molecule has 0 unspecified atom stereocenters. The summed E-state index contributed by atoms with van der Waals surface area (Å²) >= 11 is 6.85. The zero-order valence-electron chi connectivity index (χ0n) is 16.2. The number of halogens is 2. The van der Waals surface area contributed by atoms with Crippen molar-refractivity contribution in [1.82, 2.24) is 5.43 Å². The molecule has 0 aliphatic carbocycles. The van der Waals surface area contributed by atoms with Crippen LogP contribution in [0.15, 0.2) is 86.8 Å². The summed E-state index contributed by atoms with van der Waals surface area (Å²) in [6, 6.07) is 22.8. The molecule has 0 fully saturated rings. The number of carbonyl (C=O) groups is 1. The van der Waals surface area contributed by atoms with Gasteiger partial charge in [-0.1, -0.05) is 52.3 Å². The first-order valence-electron chi connectivity index (χ1n) is 9.23. The van der Waals surface area contributed by atoms with Crippen molar-refractivity contribution in [3.63, 3.8) is 0 Å². The van der Waals surface area contributed by atoms with E-state index in [0.29, 0.717) is 18.1 Å². The number of nitrogens with one attached hydrogen (secondary N) is 1. The van der Waals surface area contributed by atoms with Crippen LogP contribution < -0.4 is 14.9 Å².